The minimum Gasteiger partial charge on any atom is -0.481 e. The summed E-state index contributed by atoms with van der Waals surface area (Å²) >= 11 is 0. The first kappa shape index (κ1) is 37.0. The second kappa shape index (κ2) is 19.9. The SMILES string of the molecule is CCCCCN(C)C(=O)CN(CCc1ccc(-c2ccccc2)cc1)C(=O)CN(CCC(=O)O)C(=O)CN(C)CCc1ccccc1. The molecule has 3 amide bonds. The Morgan fingerprint density at radius 1 is 0.574 bits per heavy atom. The van der Waals surface area contributed by atoms with Crippen LogP contribution in [0.5, 0.6) is 0 Å². The van der Waals surface area contributed by atoms with Gasteiger partial charge in [0.2, 0.25) is 17.7 Å². The molecule has 0 heterocycles. The van der Waals surface area contributed by atoms with E-state index < -0.39 is 5.97 Å². The van der Waals surface area contributed by atoms with Crippen LogP contribution in [0.1, 0.15) is 43.7 Å². The number of aliphatic carboxylic acids is 1. The van der Waals surface area contributed by atoms with E-state index in [9.17, 15) is 24.3 Å². The summed E-state index contributed by atoms with van der Waals surface area (Å²) in [5.41, 5.74) is 4.38. The van der Waals surface area contributed by atoms with Crippen molar-refractivity contribution >= 4 is 23.7 Å². The van der Waals surface area contributed by atoms with Gasteiger partial charge >= 0.3 is 5.97 Å². The van der Waals surface area contributed by atoms with Gasteiger partial charge < -0.3 is 19.8 Å². The number of carbonyl (C=O) groups is 4. The highest BCUT2D eigenvalue weighted by molar-refractivity contribution is 5.89. The largest absolute Gasteiger partial charge is 0.481 e. The summed E-state index contributed by atoms with van der Waals surface area (Å²) in [4.78, 5) is 58.1. The predicted molar refractivity (Wildman–Crippen MR) is 186 cm³/mol. The third-order valence-electron chi connectivity index (χ3n) is 8.24. The van der Waals surface area contributed by atoms with Gasteiger partial charge in [-0.05, 0) is 48.6 Å². The van der Waals surface area contributed by atoms with E-state index in [1.165, 1.54) is 9.80 Å². The Labute approximate surface area is 279 Å². The molecule has 0 aromatic heterocycles. The molecule has 0 saturated heterocycles. The number of likely N-dealkylation sites (N-methyl/N-ethyl adjacent to an activating group) is 2. The summed E-state index contributed by atoms with van der Waals surface area (Å²) in [6.07, 6.45) is 3.94. The van der Waals surface area contributed by atoms with Crippen LogP contribution in [0.3, 0.4) is 0 Å². The molecule has 0 fully saturated rings. The zero-order chi connectivity index (χ0) is 34.0. The lowest BCUT2D eigenvalue weighted by atomic mass is 10.0. The molecule has 0 spiro atoms. The molecule has 9 heteroatoms. The number of nitrogens with zero attached hydrogens (tertiary/aromatic N) is 4. The van der Waals surface area contributed by atoms with Gasteiger partial charge in [0.1, 0.15) is 0 Å². The average Bonchev–Trinajstić information content (AvgIpc) is 3.08. The summed E-state index contributed by atoms with van der Waals surface area (Å²) in [5.74, 6) is -1.92. The number of hydrogen-bond donors (Lipinski definition) is 1. The van der Waals surface area contributed by atoms with Crippen molar-refractivity contribution in [3.8, 4) is 11.1 Å². The molecule has 0 aliphatic rings. The number of carbonyl (C=O) groups excluding carboxylic acids is 3. The first-order valence-corrected chi connectivity index (χ1v) is 16.5. The predicted octanol–water partition coefficient (Wildman–Crippen LogP) is 4.85. The fourth-order valence-corrected chi connectivity index (χ4v) is 5.22. The molecule has 3 aromatic rings. The Morgan fingerprint density at radius 3 is 1.74 bits per heavy atom. The molecule has 0 saturated carbocycles. The number of rotatable bonds is 20. The van der Waals surface area contributed by atoms with Crippen LogP contribution in [0.4, 0.5) is 0 Å². The summed E-state index contributed by atoms with van der Waals surface area (Å²) in [7, 11) is 3.58. The van der Waals surface area contributed by atoms with Crippen molar-refractivity contribution in [3.63, 3.8) is 0 Å². The summed E-state index contributed by atoms with van der Waals surface area (Å²) in [5, 5.41) is 9.36. The Morgan fingerprint density at radius 2 is 1.11 bits per heavy atom. The van der Waals surface area contributed by atoms with E-state index in [-0.39, 0.29) is 56.9 Å². The van der Waals surface area contributed by atoms with E-state index in [2.05, 4.69) is 19.1 Å². The number of benzene rings is 3. The van der Waals surface area contributed by atoms with Gasteiger partial charge in [-0.2, -0.15) is 0 Å². The van der Waals surface area contributed by atoms with Gasteiger partial charge in [-0.1, -0.05) is 105 Å². The Balaban J connectivity index is 1.70. The molecular weight excluding hydrogens is 592 g/mol. The highest BCUT2D eigenvalue weighted by Gasteiger charge is 2.25. The summed E-state index contributed by atoms with van der Waals surface area (Å²) < 4.78 is 0. The number of unbranched alkanes of at least 4 members (excludes halogenated alkanes) is 2. The molecule has 0 unspecified atom stereocenters. The van der Waals surface area contributed by atoms with Crippen LogP contribution in [-0.2, 0) is 32.0 Å². The average molecular weight is 643 g/mol. The second-order valence-corrected chi connectivity index (χ2v) is 12.1. The topological polar surface area (TPSA) is 101 Å². The monoisotopic (exact) mass is 642 g/mol. The number of amides is 3. The Hall–Kier alpha value is -4.50. The lowest BCUT2D eigenvalue weighted by Gasteiger charge is -2.29. The van der Waals surface area contributed by atoms with Gasteiger partial charge in [-0.15, -0.1) is 0 Å². The van der Waals surface area contributed by atoms with Crippen LogP contribution in [0, 0.1) is 0 Å². The molecule has 3 rings (SSSR count). The van der Waals surface area contributed by atoms with Crippen LogP contribution in [0.25, 0.3) is 11.1 Å². The standard InChI is InChI=1S/C38H50N4O5/c1-4-5-12-24-40(3)35(43)29-41(26-22-32-17-19-34(20-18-32)33-15-10-7-11-16-33)37(45)30-42(27-23-38(46)47)36(44)28-39(2)25-21-31-13-8-6-9-14-31/h6-11,13-20H,4-5,12,21-30H2,1-3H3,(H,46,47). The van der Waals surface area contributed by atoms with Crippen molar-refractivity contribution in [2.45, 2.75) is 45.4 Å². The molecule has 0 bridgehead atoms. The van der Waals surface area contributed by atoms with Crippen molar-refractivity contribution < 1.29 is 24.3 Å². The second-order valence-electron chi connectivity index (χ2n) is 12.1. The molecule has 47 heavy (non-hydrogen) atoms. The highest BCUT2D eigenvalue weighted by Crippen LogP contribution is 2.19. The quantitative estimate of drug-likeness (QED) is 0.177. The molecule has 9 nitrogen and oxygen atoms in total. The lowest BCUT2D eigenvalue weighted by Crippen LogP contribution is -2.49. The van der Waals surface area contributed by atoms with Crippen molar-refractivity contribution in [2.24, 2.45) is 0 Å². The van der Waals surface area contributed by atoms with Gasteiger partial charge in [0.05, 0.1) is 26.1 Å². The number of carboxylic acid groups (broad SMARTS) is 1. The van der Waals surface area contributed by atoms with E-state index in [4.69, 9.17) is 0 Å². The molecule has 0 radical (unpaired) electrons. The van der Waals surface area contributed by atoms with E-state index in [0.29, 0.717) is 19.5 Å². The first-order chi connectivity index (χ1) is 22.7. The molecular formula is C38H50N4O5. The van der Waals surface area contributed by atoms with Gasteiger partial charge in [-0.3, -0.25) is 24.1 Å². The van der Waals surface area contributed by atoms with Gasteiger partial charge in [0, 0.05) is 33.2 Å². The van der Waals surface area contributed by atoms with E-state index in [1.807, 2.05) is 84.7 Å². The van der Waals surface area contributed by atoms with Crippen molar-refractivity contribution in [1.29, 1.82) is 0 Å². The van der Waals surface area contributed by atoms with Crippen LogP contribution in [0.2, 0.25) is 0 Å². The van der Waals surface area contributed by atoms with Gasteiger partial charge in [0.15, 0.2) is 0 Å². The molecule has 1 N–H and O–H groups in total. The third kappa shape index (κ3) is 13.4. The first-order valence-electron chi connectivity index (χ1n) is 16.5. The smallest absolute Gasteiger partial charge is 0.305 e. The molecule has 3 aromatic carbocycles. The lowest BCUT2D eigenvalue weighted by molar-refractivity contribution is -0.145. The highest BCUT2D eigenvalue weighted by atomic mass is 16.4. The maximum absolute atomic E-state index is 13.8. The Kier molecular flexibility index (Phi) is 15.6. The zero-order valence-corrected chi connectivity index (χ0v) is 28.1. The zero-order valence-electron chi connectivity index (χ0n) is 28.1. The van der Waals surface area contributed by atoms with Gasteiger partial charge in [0.25, 0.3) is 0 Å². The summed E-state index contributed by atoms with van der Waals surface area (Å²) in [6.45, 7) is 3.18. The van der Waals surface area contributed by atoms with E-state index >= 15 is 0 Å². The Bertz CT molecular complexity index is 1400. The van der Waals surface area contributed by atoms with E-state index in [0.717, 1.165) is 47.9 Å². The van der Waals surface area contributed by atoms with Gasteiger partial charge in [-0.25, -0.2) is 0 Å². The molecule has 0 aliphatic carbocycles. The molecule has 0 atom stereocenters. The van der Waals surface area contributed by atoms with Crippen molar-refractivity contribution in [2.75, 3.05) is 59.9 Å². The fraction of sp³-hybridized carbons (Fsp3) is 0.421. The van der Waals surface area contributed by atoms with Crippen LogP contribution in [-0.4, -0.2) is 108 Å². The van der Waals surface area contributed by atoms with Crippen LogP contribution in [0.15, 0.2) is 84.9 Å². The normalized spacial score (nSPS) is 10.9. The minimum atomic E-state index is -1.05. The third-order valence-corrected chi connectivity index (χ3v) is 8.24. The maximum Gasteiger partial charge on any atom is 0.305 e. The van der Waals surface area contributed by atoms with E-state index in [1.54, 1.807) is 11.9 Å². The van der Waals surface area contributed by atoms with Crippen LogP contribution < -0.4 is 0 Å². The van der Waals surface area contributed by atoms with Crippen molar-refractivity contribution in [3.05, 3.63) is 96.1 Å². The summed E-state index contributed by atoms with van der Waals surface area (Å²) in [6, 6.07) is 28.2. The number of hydrogen-bond acceptors (Lipinski definition) is 5. The fourth-order valence-electron chi connectivity index (χ4n) is 5.22. The molecule has 252 valence electrons. The van der Waals surface area contributed by atoms with Crippen molar-refractivity contribution in [1.82, 2.24) is 19.6 Å². The molecule has 0 aliphatic heterocycles. The number of carboxylic acids is 1. The maximum atomic E-state index is 13.8. The van der Waals surface area contributed by atoms with Crippen LogP contribution >= 0.6 is 0 Å². The minimum absolute atomic E-state index is 0.0482.